The van der Waals surface area contributed by atoms with Crippen molar-refractivity contribution in [2.24, 2.45) is 4.99 Å². The monoisotopic (exact) mass is 372 g/mol. The Bertz CT molecular complexity index is 708. The van der Waals surface area contributed by atoms with E-state index in [2.05, 4.69) is 39.6 Å². The fourth-order valence-electron chi connectivity index (χ4n) is 3.17. The van der Waals surface area contributed by atoms with Crippen molar-refractivity contribution in [2.45, 2.75) is 20.0 Å². The number of aliphatic hydroxyl groups is 1. The number of hydrogen-bond donors (Lipinski definition) is 2. The Balaban J connectivity index is 1.60. The van der Waals surface area contributed by atoms with Crippen LogP contribution in [0.1, 0.15) is 24.2 Å². The molecule has 3 rings (SSSR count). The fourth-order valence-corrected chi connectivity index (χ4v) is 3.96. The lowest BCUT2D eigenvalue weighted by Crippen LogP contribution is -2.52. The van der Waals surface area contributed by atoms with E-state index in [1.54, 1.807) is 11.3 Å². The van der Waals surface area contributed by atoms with Crippen LogP contribution < -0.4 is 10.2 Å². The summed E-state index contributed by atoms with van der Waals surface area (Å²) in [6, 6.07) is 12.3. The van der Waals surface area contributed by atoms with Gasteiger partial charge < -0.3 is 20.2 Å². The number of benzene rings is 1. The number of aliphatic hydroxyl groups excluding tert-OH is 1. The lowest BCUT2D eigenvalue weighted by atomic mass is 10.1. The minimum absolute atomic E-state index is 0.372. The normalized spacial score (nSPS) is 16.7. The topological polar surface area (TPSA) is 51.1 Å². The lowest BCUT2D eigenvalue weighted by Gasteiger charge is -2.37. The van der Waals surface area contributed by atoms with Crippen LogP contribution in [0.25, 0.3) is 0 Å². The third-order valence-corrected chi connectivity index (χ3v) is 5.50. The number of anilines is 1. The maximum absolute atomic E-state index is 10.5. The Morgan fingerprint density at radius 2 is 2.04 bits per heavy atom. The second kappa shape index (κ2) is 9.05. The predicted octanol–water partition coefficient (Wildman–Crippen LogP) is 2.88. The summed E-state index contributed by atoms with van der Waals surface area (Å²) in [5.41, 5.74) is 2.08. The third kappa shape index (κ3) is 4.77. The number of nitrogens with zero attached hydrogens (tertiary/aromatic N) is 3. The van der Waals surface area contributed by atoms with Crippen LogP contribution in [0.3, 0.4) is 0 Å². The SMILES string of the molecule is CCNC(=NCC(O)c1cccc(C)c1)N1CCN(c2cccs2)CC1. The van der Waals surface area contributed by atoms with Gasteiger partial charge in [-0.2, -0.15) is 0 Å². The Labute approximate surface area is 160 Å². The minimum Gasteiger partial charge on any atom is -0.386 e. The number of piperazine rings is 1. The molecule has 0 saturated carbocycles. The highest BCUT2D eigenvalue weighted by Crippen LogP contribution is 2.22. The molecule has 1 unspecified atom stereocenters. The van der Waals surface area contributed by atoms with Crippen molar-refractivity contribution in [1.29, 1.82) is 0 Å². The molecule has 26 heavy (non-hydrogen) atoms. The smallest absolute Gasteiger partial charge is 0.194 e. The minimum atomic E-state index is -0.573. The average Bonchev–Trinajstić information content (AvgIpc) is 3.20. The molecule has 2 heterocycles. The first-order valence-corrected chi connectivity index (χ1v) is 10.1. The zero-order chi connectivity index (χ0) is 18.4. The van der Waals surface area contributed by atoms with Gasteiger partial charge in [0.05, 0.1) is 17.6 Å². The number of hydrogen-bond acceptors (Lipinski definition) is 4. The quantitative estimate of drug-likeness (QED) is 0.626. The van der Waals surface area contributed by atoms with Gasteiger partial charge in [0, 0.05) is 32.7 Å². The Hall–Kier alpha value is -2.05. The molecule has 1 aliphatic rings. The van der Waals surface area contributed by atoms with Gasteiger partial charge in [-0.1, -0.05) is 29.8 Å². The van der Waals surface area contributed by atoms with Crippen LogP contribution in [0.5, 0.6) is 0 Å². The summed E-state index contributed by atoms with van der Waals surface area (Å²) in [5.74, 6) is 0.894. The van der Waals surface area contributed by atoms with Crippen molar-refractivity contribution in [1.82, 2.24) is 10.2 Å². The van der Waals surface area contributed by atoms with Crippen molar-refractivity contribution >= 4 is 22.3 Å². The maximum atomic E-state index is 10.5. The lowest BCUT2D eigenvalue weighted by molar-refractivity contribution is 0.186. The molecule has 1 fully saturated rings. The molecule has 6 heteroatoms. The standard InChI is InChI=1S/C20H28N4OS/c1-3-21-20(22-15-18(25)17-7-4-6-16(2)14-17)24-11-9-23(10-12-24)19-8-5-13-26-19/h4-8,13-14,18,25H,3,9-12,15H2,1-2H3,(H,21,22). The fraction of sp³-hybridized carbons (Fsp3) is 0.450. The molecule has 2 aromatic rings. The summed E-state index contributed by atoms with van der Waals surface area (Å²) < 4.78 is 0. The zero-order valence-electron chi connectivity index (χ0n) is 15.6. The molecule has 0 radical (unpaired) electrons. The molecule has 0 spiro atoms. The van der Waals surface area contributed by atoms with Gasteiger partial charge in [-0.05, 0) is 36.9 Å². The van der Waals surface area contributed by atoms with Crippen molar-refractivity contribution in [2.75, 3.05) is 44.2 Å². The molecule has 1 atom stereocenters. The molecule has 0 amide bonds. The van der Waals surface area contributed by atoms with Crippen LogP contribution in [-0.2, 0) is 0 Å². The van der Waals surface area contributed by atoms with Gasteiger partial charge in [0.2, 0.25) is 0 Å². The zero-order valence-corrected chi connectivity index (χ0v) is 16.4. The second-order valence-electron chi connectivity index (χ2n) is 6.55. The number of aryl methyl sites for hydroxylation is 1. The Kier molecular flexibility index (Phi) is 6.52. The van der Waals surface area contributed by atoms with E-state index in [0.29, 0.717) is 6.54 Å². The third-order valence-electron chi connectivity index (χ3n) is 4.57. The highest BCUT2D eigenvalue weighted by molar-refractivity contribution is 7.14. The number of guanidine groups is 1. The van der Waals surface area contributed by atoms with Crippen molar-refractivity contribution in [3.05, 3.63) is 52.9 Å². The molecule has 1 aliphatic heterocycles. The summed E-state index contributed by atoms with van der Waals surface area (Å²) in [6.45, 7) is 9.16. The van der Waals surface area contributed by atoms with E-state index in [0.717, 1.165) is 49.8 Å². The summed E-state index contributed by atoms with van der Waals surface area (Å²) in [5, 5.41) is 17.3. The Morgan fingerprint density at radius 1 is 1.23 bits per heavy atom. The molecule has 0 aliphatic carbocycles. The number of aliphatic imine (C=N–C) groups is 1. The van der Waals surface area contributed by atoms with Gasteiger partial charge in [-0.15, -0.1) is 11.3 Å². The van der Waals surface area contributed by atoms with E-state index in [9.17, 15) is 5.11 Å². The van der Waals surface area contributed by atoms with Crippen LogP contribution in [0.15, 0.2) is 46.8 Å². The number of thiophene rings is 1. The predicted molar refractivity (Wildman–Crippen MR) is 110 cm³/mol. The van der Waals surface area contributed by atoms with E-state index in [1.807, 2.05) is 31.2 Å². The van der Waals surface area contributed by atoms with Crippen molar-refractivity contribution in [3.8, 4) is 0 Å². The second-order valence-corrected chi connectivity index (χ2v) is 7.48. The van der Waals surface area contributed by atoms with Gasteiger partial charge in [0.25, 0.3) is 0 Å². The van der Waals surface area contributed by atoms with Gasteiger partial charge in [0.1, 0.15) is 0 Å². The van der Waals surface area contributed by atoms with Crippen LogP contribution in [0, 0.1) is 6.92 Å². The first kappa shape index (κ1) is 18.7. The average molecular weight is 373 g/mol. The highest BCUT2D eigenvalue weighted by Gasteiger charge is 2.20. The molecule has 0 bridgehead atoms. The molecule has 1 saturated heterocycles. The van der Waals surface area contributed by atoms with Gasteiger partial charge in [0.15, 0.2) is 5.96 Å². The number of rotatable bonds is 5. The van der Waals surface area contributed by atoms with E-state index in [-0.39, 0.29) is 0 Å². The van der Waals surface area contributed by atoms with E-state index in [4.69, 9.17) is 4.99 Å². The van der Waals surface area contributed by atoms with E-state index < -0.39 is 6.10 Å². The summed E-state index contributed by atoms with van der Waals surface area (Å²) >= 11 is 1.79. The summed E-state index contributed by atoms with van der Waals surface area (Å²) in [4.78, 5) is 9.41. The first-order chi connectivity index (χ1) is 12.7. The largest absolute Gasteiger partial charge is 0.386 e. The van der Waals surface area contributed by atoms with Crippen LogP contribution in [0.4, 0.5) is 5.00 Å². The maximum Gasteiger partial charge on any atom is 0.194 e. The van der Waals surface area contributed by atoms with E-state index >= 15 is 0 Å². The first-order valence-electron chi connectivity index (χ1n) is 9.23. The molecule has 2 N–H and O–H groups in total. The van der Waals surface area contributed by atoms with Gasteiger partial charge in [-0.3, -0.25) is 4.99 Å². The number of nitrogens with one attached hydrogen (secondary N) is 1. The molecule has 1 aromatic carbocycles. The molecular weight excluding hydrogens is 344 g/mol. The van der Waals surface area contributed by atoms with Crippen molar-refractivity contribution in [3.63, 3.8) is 0 Å². The molecule has 140 valence electrons. The summed E-state index contributed by atoms with van der Waals surface area (Å²) in [7, 11) is 0. The molecule has 5 nitrogen and oxygen atoms in total. The van der Waals surface area contributed by atoms with Gasteiger partial charge in [-0.25, -0.2) is 0 Å². The molecular formula is C20H28N4OS. The summed E-state index contributed by atoms with van der Waals surface area (Å²) in [6.07, 6.45) is -0.573. The molecule has 1 aromatic heterocycles. The Morgan fingerprint density at radius 3 is 2.69 bits per heavy atom. The highest BCUT2D eigenvalue weighted by atomic mass is 32.1. The van der Waals surface area contributed by atoms with Crippen LogP contribution >= 0.6 is 11.3 Å². The van der Waals surface area contributed by atoms with Gasteiger partial charge >= 0.3 is 0 Å². The van der Waals surface area contributed by atoms with Crippen molar-refractivity contribution < 1.29 is 5.11 Å². The van der Waals surface area contributed by atoms with Crippen LogP contribution in [0.2, 0.25) is 0 Å². The van der Waals surface area contributed by atoms with E-state index in [1.165, 1.54) is 5.00 Å². The van der Waals surface area contributed by atoms with Crippen LogP contribution in [-0.4, -0.2) is 55.2 Å².